The highest BCUT2D eigenvalue weighted by molar-refractivity contribution is 5.94. The molecule has 42 heavy (non-hydrogen) atoms. The van der Waals surface area contributed by atoms with E-state index in [9.17, 15) is 9.59 Å². The van der Waals surface area contributed by atoms with E-state index < -0.39 is 0 Å². The van der Waals surface area contributed by atoms with Crippen LogP contribution >= 0.6 is 0 Å². The Balaban J connectivity index is 1.15. The molecule has 1 aliphatic heterocycles. The van der Waals surface area contributed by atoms with Crippen LogP contribution in [-0.4, -0.2) is 70.3 Å². The quantitative estimate of drug-likeness (QED) is 0.226. The highest BCUT2D eigenvalue weighted by atomic mass is 16.4. The Labute approximate surface area is 248 Å². The van der Waals surface area contributed by atoms with Gasteiger partial charge in [0.1, 0.15) is 5.76 Å². The van der Waals surface area contributed by atoms with Crippen LogP contribution in [0.5, 0.6) is 0 Å². The fourth-order valence-electron chi connectivity index (χ4n) is 5.28. The van der Waals surface area contributed by atoms with E-state index in [1.165, 1.54) is 5.56 Å². The molecule has 7 heteroatoms. The summed E-state index contributed by atoms with van der Waals surface area (Å²) in [4.78, 5) is 32.6. The summed E-state index contributed by atoms with van der Waals surface area (Å²) in [5.41, 5.74) is 4.05. The van der Waals surface area contributed by atoms with Crippen molar-refractivity contribution in [1.29, 1.82) is 0 Å². The Kier molecular flexibility index (Phi) is 9.72. The van der Waals surface area contributed by atoms with Gasteiger partial charge < -0.3 is 18.8 Å². The molecule has 0 atom stereocenters. The Morgan fingerprint density at radius 3 is 2.40 bits per heavy atom. The first-order valence-corrected chi connectivity index (χ1v) is 14.8. The minimum atomic E-state index is -0.0636. The molecule has 7 nitrogen and oxygen atoms in total. The second-order valence-corrected chi connectivity index (χ2v) is 10.9. The summed E-state index contributed by atoms with van der Waals surface area (Å²) < 4.78 is 8.11. The molecule has 5 rings (SSSR count). The van der Waals surface area contributed by atoms with Gasteiger partial charge in [0, 0.05) is 56.7 Å². The number of aryl methyl sites for hydroxylation is 1. The van der Waals surface area contributed by atoms with E-state index in [-0.39, 0.29) is 11.8 Å². The molecule has 1 aliphatic rings. The molecule has 0 saturated carbocycles. The van der Waals surface area contributed by atoms with Crippen molar-refractivity contribution in [2.75, 3.05) is 39.3 Å². The van der Waals surface area contributed by atoms with Crippen molar-refractivity contribution in [2.45, 2.75) is 33.4 Å². The average molecular weight is 565 g/mol. The third kappa shape index (κ3) is 7.47. The summed E-state index contributed by atoms with van der Waals surface area (Å²) in [6.45, 7) is 9.67. The predicted octanol–water partition coefficient (Wildman–Crippen LogP) is 5.96. The van der Waals surface area contributed by atoms with E-state index in [4.69, 9.17) is 4.42 Å². The minimum absolute atomic E-state index is 0.0304. The van der Waals surface area contributed by atoms with Crippen molar-refractivity contribution in [3.63, 3.8) is 0 Å². The molecule has 0 N–H and O–H groups in total. The van der Waals surface area contributed by atoms with Gasteiger partial charge in [0.25, 0.3) is 11.8 Å². The molecule has 3 heterocycles. The summed E-state index contributed by atoms with van der Waals surface area (Å²) in [6, 6.07) is 25.7. The van der Waals surface area contributed by atoms with Gasteiger partial charge in [-0.15, -0.1) is 0 Å². The zero-order valence-electron chi connectivity index (χ0n) is 24.6. The van der Waals surface area contributed by atoms with Gasteiger partial charge in [-0.05, 0) is 55.3 Å². The summed E-state index contributed by atoms with van der Waals surface area (Å²) >= 11 is 0. The molecule has 218 valence electrons. The summed E-state index contributed by atoms with van der Waals surface area (Å²) in [6.07, 6.45) is 7.19. The largest absolute Gasteiger partial charge is 0.454 e. The normalized spacial score (nSPS) is 14.0. The maximum absolute atomic E-state index is 13.3. The number of hydrogen-bond acceptors (Lipinski definition) is 4. The third-order valence-corrected chi connectivity index (χ3v) is 7.69. The summed E-state index contributed by atoms with van der Waals surface area (Å²) in [7, 11) is 0. The lowest BCUT2D eigenvalue weighted by atomic mass is 10.1. The molecule has 0 bridgehead atoms. The van der Waals surface area contributed by atoms with Gasteiger partial charge in [-0.1, -0.05) is 67.1 Å². The lowest BCUT2D eigenvalue weighted by Crippen LogP contribution is -2.48. The van der Waals surface area contributed by atoms with Crippen LogP contribution in [-0.2, 0) is 13.1 Å². The molecule has 2 aromatic carbocycles. The number of carbonyl (C=O) groups is 2. The smallest absolute Gasteiger partial charge is 0.289 e. The van der Waals surface area contributed by atoms with Crippen molar-refractivity contribution in [2.24, 2.45) is 0 Å². The molecular formula is C35H40N4O3. The van der Waals surface area contributed by atoms with Gasteiger partial charge in [-0.2, -0.15) is 0 Å². The molecule has 0 unspecified atom stereocenters. The van der Waals surface area contributed by atoms with Crippen LogP contribution in [0.1, 0.15) is 56.8 Å². The number of piperazine rings is 1. The van der Waals surface area contributed by atoms with Crippen molar-refractivity contribution in [1.82, 2.24) is 19.3 Å². The minimum Gasteiger partial charge on any atom is -0.454 e. The molecule has 0 radical (unpaired) electrons. The van der Waals surface area contributed by atoms with Gasteiger partial charge in [0.05, 0.1) is 13.1 Å². The Morgan fingerprint density at radius 1 is 0.905 bits per heavy atom. The maximum Gasteiger partial charge on any atom is 0.289 e. The fourth-order valence-corrected chi connectivity index (χ4v) is 5.28. The molecule has 1 saturated heterocycles. The second-order valence-electron chi connectivity index (χ2n) is 10.9. The monoisotopic (exact) mass is 564 g/mol. The van der Waals surface area contributed by atoms with Crippen LogP contribution in [0, 0.1) is 6.92 Å². The lowest BCUT2D eigenvalue weighted by molar-refractivity contribution is 0.0616. The molecule has 0 spiro atoms. The molecular weight excluding hydrogens is 524 g/mol. The average Bonchev–Trinajstić information content (AvgIpc) is 3.67. The van der Waals surface area contributed by atoms with E-state index in [1.807, 2.05) is 83.6 Å². The van der Waals surface area contributed by atoms with Crippen LogP contribution in [0.3, 0.4) is 0 Å². The number of hydrogen-bond donors (Lipinski definition) is 0. The van der Waals surface area contributed by atoms with Crippen LogP contribution in [0.25, 0.3) is 6.08 Å². The van der Waals surface area contributed by atoms with E-state index in [2.05, 4.69) is 40.7 Å². The third-order valence-electron chi connectivity index (χ3n) is 7.69. The fraction of sp³-hybridized carbons (Fsp3) is 0.314. The topological polar surface area (TPSA) is 61.9 Å². The van der Waals surface area contributed by atoms with Crippen LogP contribution in [0.15, 0.2) is 95.6 Å². The zero-order chi connectivity index (χ0) is 29.3. The van der Waals surface area contributed by atoms with Crippen molar-refractivity contribution in [3.8, 4) is 0 Å². The van der Waals surface area contributed by atoms with Gasteiger partial charge in [0.15, 0.2) is 5.76 Å². The number of nitrogens with zero attached hydrogens (tertiary/aromatic N) is 4. The van der Waals surface area contributed by atoms with Gasteiger partial charge in [-0.3, -0.25) is 14.5 Å². The summed E-state index contributed by atoms with van der Waals surface area (Å²) in [5, 5.41) is 0. The number of furan rings is 1. The number of carbonyl (C=O) groups excluding carboxylic acids is 2. The van der Waals surface area contributed by atoms with Crippen LogP contribution in [0.2, 0.25) is 0 Å². The Bertz CT molecular complexity index is 1480. The standard InChI is InChI=1S/C35H40N4O3/c1-3-19-39(34(40)30-15-13-28(2)14-16-30)26-31-12-8-21-38(31)27-32-17-18-33(42-32)35(41)37-24-22-36(23-25-37)20-7-11-29-9-5-4-6-10-29/h4-18,21H,3,19-20,22-27H2,1-2H3/b11-7+. The highest BCUT2D eigenvalue weighted by Crippen LogP contribution is 2.18. The van der Waals surface area contributed by atoms with Crippen LogP contribution < -0.4 is 0 Å². The number of aromatic nitrogens is 1. The highest BCUT2D eigenvalue weighted by Gasteiger charge is 2.24. The first-order valence-electron chi connectivity index (χ1n) is 14.8. The molecule has 1 fully saturated rings. The van der Waals surface area contributed by atoms with Crippen molar-refractivity contribution in [3.05, 3.63) is 125 Å². The van der Waals surface area contributed by atoms with E-state index in [1.54, 1.807) is 6.07 Å². The molecule has 0 aliphatic carbocycles. The van der Waals surface area contributed by atoms with Gasteiger partial charge >= 0.3 is 0 Å². The van der Waals surface area contributed by atoms with Crippen LogP contribution in [0.4, 0.5) is 0 Å². The van der Waals surface area contributed by atoms with E-state index in [0.29, 0.717) is 49.8 Å². The first-order chi connectivity index (χ1) is 20.5. The van der Waals surface area contributed by atoms with Crippen molar-refractivity contribution < 1.29 is 14.0 Å². The molecule has 2 amide bonds. The predicted molar refractivity (Wildman–Crippen MR) is 166 cm³/mol. The first kappa shape index (κ1) is 29.1. The number of amides is 2. The second kappa shape index (κ2) is 14.0. The SMILES string of the molecule is CCCN(Cc1cccn1Cc1ccc(C(=O)N2CCN(C/C=C/c3ccccc3)CC2)o1)C(=O)c1ccc(C)cc1. The van der Waals surface area contributed by atoms with E-state index >= 15 is 0 Å². The summed E-state index contributed by atoms with van der Waals surface area (Å²) in [5.74, 6) is 1.06. The van der Waals surface area contributed by atoms with E-state index in [0.717, 1.165) is 37.3 Å². The molecule has 4 aromatic rings. The molecule has 2 aromatic heterocycles. The van der Waals surface area contributed by atoms with Crippen molar-refractivity contribution >= 4 is 17.9 Å². The Morgan fingerprint density at radius 2 is 1.67 bits per heavy atom. The zero-order valence-corrected chi connectivity index (χ0v) is 24.6. The van der Waals surface area contributed by atoms with Gasteiger partial charge in [0.2, 0.25) is 0 Å². The maximum atomic E-state index is 13.3. The number of rotatable bonds is 11. The Hall–Kier alpha value is -4.36. The number of benzene rings is 2. The van der Waals surface area contributed by atoms with Gasteiger partial charge in [-0.25, -0.2) is 0 Å². The lowest BCUT2D eigenvalue weighted by Gasteiger charge is -2.33.